The highest BCUT2D eigenvalue weighted by molar-refractivity contribution is 5.24. The molecular formula is C13H19FN2. The zero-order chi connectivity index (χ0) is 11.5. The first-order valence-corrected chi connectivity index (χ1v) is 5.82. The first-order chi connectivity index (χ1) is 7.66. The predicted molar refractivity (Wildman–Crippen MR) is 63.9 cm³/mol. The maximum absolute atomic E-state index is 13.7. The Bertz CT molecular complexity index is 365. The summed E-state index contributed by atoms with van der Waals surface area (Å²) in [5.74, 6) is -0.0682. The van der Waals surface area contributed by atoms with Crippen molar-refractivity contribution in [3.8, 4) is 0 Å². The first-order valence-electron chi connectivity index (χ1n) is 5.82. The molecule has 2 nitrogen and oxygen atoms in total. The van der Waals surface area contributed by atoms with Crippen molar-refractivity contribution in [3.63, 3.8) is 0 Å². The van der Waals surface area contributed by atoms with Crippen molar-refractivity contribution in [3.05, 3.63) is 35.1 Å². The molecule has 0 spiro atoms. The number of nitrogens with one attached hydrogen (secondary N) is 1. The van der Waals surface area contributed by atoms with E-state index in [1.807, 2.05) is 25.1 Å². The van der Waals surface area contributed by atoms with Gasteiger partial charge >= 0.3 is 0 Å². The Morgan fingerprint density at radius 2 is 2.31 bits per heavy atom. The molecule has 0 radical (unpaired) electrons. The van der Waals surface area contributed by atoms with E-state index in [1.165, 1.54) is 0 Å². The largest absolute Gasteiger partial charge is 0.308 e. The molecule has 0 aromatic heterocycles. The Morgan fingerprint density at radius 3 is 3.00 bits per heavy atom. The molecule has 1 aromatic carbocycles. The SMILES string of the molecule is Cc1cccc(CNC2CCN(C)C2)c1F. The van der Waals surface area contributed by atoms with Crippen molar-refractivity contribution in [2.75, 3.05) is 20.1 Å². The van der Waals surface area contributed by atoms with Crippen LogP contribution < -0.4 is 5.32 Å². The van der Waals surface area contributed by atoms with Crippen molar-refractivity contribution in [1.29, 1.82) is 0 Å². The summed E-state index contributed by atoms with van der Waals surface area (Å²) in [7, 11) is 2.12. The predicted octanol–water partition coefficient (Wildman–Crippen LogP) is 1.93. The van der Waals surface area contributed by atoms with Gasteiger partial charge in [-0.1, -0.05) is 18.2 Å². The molecule has 0 aliphatic carbocycles. The molecule has 1 fully saturated rings. The lowest BCUT2D eigenvalue weighted by Gasteiger charge is -2.13. The molecule has 1 aromatic rings. The molecule has 3 heteroatoms. The monoisotopic (exact) mass is 222 g/mol. The molecule has 1 unspecified atom stereocenters. The van der Waals surface area contributed by atoms with Crippen LogP contribution in [0, 0.1) is 12.7 Å². The molecule has 1 aliphatic heterocycles. The fourth-order valence-electron chi connectivity index (χ4n) is 2.20. The van der Waals surface area contributed by atoms with E-state index >= 15 is 0 Å². The third kappa shape index (κ3) is 2.60. The van der Waals surface area contributed by atoms with Crippen molar-refractivity contribution < 1.29 is 4.39 Å². The van der Waals surface area contributed by atoms with E-state index in [9.17, 15) is 4.39 Å². The number of benzene rings is 1. The quantitative estimate of drug-likeness (QED) is 0.840. The molecule has 0 saturated carbocycles. The highest BCUT2D eigenvalue weighted by Gasteiger charge is 2.18. The van der Waals surface area contributed by atoms with Gasteiger partial charge in [0, 0.05) is 24.7 Å². The average Bonchev–Trinajstić information content (AvgIpc) is 2.67. The van der Waals surface area contributed by atoms with E-state index in [0.29, 0.717) is 12.6 Å². The smallest absolute Gasteiger partial charge is 0.130 e. The Morgan fingerprint density at radius 1 is 1.50 bits per heavy atom. The summed E-state index contributed by atoms with van der Waals surface area (Å²) in [6, 6.07) is 6.08. The Labute approximate surface area is 96.5 Å². The molecule has 1 aliphatic rings. The number of rotatable bonds is 3. The third-order valence-corrected chi connectivity index (χ3v) is 3.24. The van der Waals surface area contributed by atoms with Gasteiger partial charge in [-0.05, 0) is 32.5 Å². The van der Waals surface area contributed by atoms with E-state index in [1.54, 1.807) is 0 Å². The number of halogens is 1. The summed E-state index contributed by atoms with van der Waals surface area (Å²) < 4.78 is 13.7. The summed E-state index contributed by atoms with van der Waals surface area (Å²) in [5, 5.41) is 3.41. The highest BCUT2D eigenvalue weighted by Crippen LogP contribution is 2.13. The topological polar surface area (TPSA) is 15.3 Å². The van der Waals surface area contributed by atoms with Gasteiger partial charge in [-0.15, -0.1) is 0 Å². The van der Waals surface area contributed by atoms with Crippen LogP contribution in [-0.2, 0) is 6.54 Å². The van der Waals surface area contributed by atoms with Crippen LogP contribution in [0.4, 0.5) is 4.39 Å². The number of aryl methyl sites for hydroxylation is 1. The Kier molecular flexibility index (Phi) is 3.56. The van der Waals surface area contributed by atoms with Gasteiger partial charge in [0.2, 0.25) is 0 Å². The van der Waals surface area contributed by atoms with Gasteiger partial charge in [0.25, 0.3) is 0 Å². The Balaban J connectivity index is 1.92. The Hall–Kier alpha value is -0.930. The van der Waals surface area contributed by atoms with Gasteiger partial charge < -0.3 is 10.2 Å². The molecule has 88 valence electrons. The number of nitrogens with zero attached hydrogens (tertiary/aromatic N) is 1. The molecule has 1 atom stereocenters. The number of hydrogen-bond donors (Lipinski definition) is 1. The maximum atomic E-state index is 13.7. The summed E-state index contributed by atoms with van der Waals surface area (Å²) in [6.45, 7) is 4.63. The van der Waals surface area contributed by atoms with Crippen LogP contribution in [0.1, 0.15) is 17.5 Å². The van der Waals surface area contributed by atoms with Gasteiger partial charge in [-0.2, -0.15) is 0 Å². The van der Waals surface area contributed by atoms with E-state index in [0.717, 1.165) is 30.6 Å². The molecule has 1 saturated heterocycles. The van der Waals surface area contributed by atoms with Crippen LogP contribution in [0.25, 0.3) is 0 Å². The third-order valence-electron chi connectivity index (χ3n) is 3.24. The fourth-order valence-corrected chi connectivity index (χ4v) is 2.20. The molecule has 16 heavy (non-hydrogen) atoms. The second-order valence-electron chi connectivity index (χ2n) is 4.68. The summed E-state index contributed by atoms with van der Waals surface area (Å²) >= 11 is 0. The summed E-state index contributed by atoms with van der Waals surface area (Å²) in [4.78, 5) is 2.30. The van der Waals surface area contributed by atoms with Crippen molar-refractivity contribution in [2.45, 2.75) is 25.9 Å². The number of hydrogen-bond acceptors (Lipinski definition) is 2. The summed E-state index contributed by atoms with van der Waals surface area (Å²) in [5.41, 5.74) is 1.50. The van der Waals surface area contributed by atoms with Crippen LogP contribution in [0.5, 0.6) is 0 Å². The molecule has 2 rings (SSSR count). The maximum Gasteiger partial charge on any atom is 0.130 e. The summed E-state index contributed by atoms with van der Waals surface area (Å²) in [6.07, 6.45) is 1.16. The van der Waals surface area contributed by atoms with Crippen molar-refractivity contribution >= 4 is 0 Å². The minimum atomic E-state index is -0.0682. The lowest BCUT2D eigenvalue weighted by Crippen LogP contribution is -2.31. The van der Waals surface area contributed by atoms with Gasteiger partial charge in [0.1, 0.15) is 5.82 Å². The van der Waals surface area contributed by atoms with E-state index < -0.39 is 0 Å². The van der Waals surface area contributed by atoms with Crippen LogP contribution in [0.3, 0.4) is 0 Å². The highest BCUT2D eigenvalue weighted by atomic mass is 19.1. The van der Waals surface area contributed by atoms with Gasteiger partial charge in [0.05, 0.1) is 0 Å². The van der Waals surface area contributed by atoms with Crippen LogP contribution in [-0.4, -0.2) is 31.1 Å². The van der Waals surface area contributed by atoms with E-state index in [4.69, 9.17) is 0 Å². The molecule has 0 bridgehead atoms. The van der Waals surface area contributed by atoms with Crippen LogP contribution >= 0.6 is 0 Å². The lowest BCUT2D eigenvalue weighted by atomic mass is 10.1. The molecule has 0 amide bonds. The second kappa shape index (κ2) is 4.93. The van der Waals surface area contributed by atoms with Gasteiger partial charge in [-0.25, -0.2) is 4.39 Å². The van der Waals surface area contributed by atoms with Crippen molar-refractivity contribution in [2.24, 2.45) is 0 Å². The molecular weight excluding hydrogens is 203 g/mol. The zero-order valence-corrected chi connectivity index (χ0v) is 9.96. The van der Waals surface area contributed by atoms with E-state index in [-0.39, 0.29) is 5.82 Å². The molecule has 1 N–H and O–H groups in total. The average molecular weight is 222 g/mol. The zero-order valence-electron chi connectivity index (χ0n) is 9.96. The van der Waals surface area contributed by atoms with Crippen molar-refractivity contribution in [1.82, 2.24) is 10.2 Å². The number of likely N-dealkylation sites (tertiary alicyclic amines) is 1. The van der Waals surface area contributed by atoms with Crippen LogP contribution in [0.15, 0.2) is 18.2 Å². The minimum Gasteiger partial charge on any atom is -0.308 e. The first kappa shape index (κ1) is 11.6. The lowest BCUT2D eigenvalue weighted by molar-refractivity contribution is 0.397. The van der Waals surface area contributed by atoms with Gasteiger partial charge in [-0.3, -0.25) is 0 Å². The fraction of sp³-hybridized carbons (Fsp3) is 0.538. The van der Waals surface area contributed by atoms with Gasteiger partial charge in [0.15, 0.2) is 0 Å². The minimum absolute atomic E-state index is 0.0682. The number of likely N-dealkylation sites (N-methyl/N-ethyl adjacent to an activating group) is 1. The normalized spacial score (nSPS) is 21.6. The van der Waals surface area contributed by atoms with Crippen LogP contribution in [0.2, 0.25) is 0 Å². The van der Waals surface area contributed by atoms with E-state index in [2.05, 4.69) is 17.3 Å². The second-order valence-corrected chi connectivity index (χ2v) is 4.68. The molecule has 1 heterocycles. The standard InChI is InChI=1S/C13H19FN2/c1-10-4-3-5-11(13(10)14)8-15-12-6-7-16(2)9-12/h3-5,12,15H,6-9H2,1-2H3.